The zero-order valence-electron chi connectivity index (χ0n) is 27.7. The first-order valence-corrected chi connectivity index (χ1v) is 17.2. The maximum absolute atomic E-state index is 13.1. The number of halogens is 2. The Hall–Kier alpha value is -3.53. The average Bonchev–Trinajstić information content (AvgIpc) is 3.56. The van der Waals surface area contributed by atoms with Gasteiger partial charge in [-0.3, -0.25) is 14.4 Å². The minimum Gasteiger partial charge on any atom is -0.477 e. The highest BCUT2D eigenvalue weighted by molar-refractivity contribution is 7.59. The Kier molecular flexibility index (Phi) is 13.7. The molecule has 4 aliphatic rings. The number of aromatic nitrogens is 4. The number of carbonyl (C=O) groups is 2. The second-order valence-corrected chi connectivity index (χ2v) is 13.3. The summed E-state index contributed by atoms with van der Waals surface area (Å²) in [5.41, 5.74) is 0.378. The molecular weight excluding hydrogens is 719 g/mol. The summed E-state index contributed by atoms with van der Waals surface area (Å²) >= 11 is 11.7. The van der Waals surface area contributed by atoms with E-state index in [1.807, 2.05) is 23.3 Å². The first-order chi connectivity index (χ1) is 23.6. The van der Waals surface area contributed by atoms with E-state index < -0.39 is 11.4 Å². The fraction of sp³-hybridized carbons (Fsp3) is 0.486. The fourth-order valence-electron chi connectivity index (χ4n) is 6.97. The molecule has 0 spiro atoms. The lowest BCUT2D eigenvalue weighted by atomic mass is 10.1. The molecule has 51 heavy (non-hydrogen) atoms. The number of aromatic carboxylic acids is 1. The van der Waals surface area contributed by atoms with Gasteiger partial charge in [0.05, 0.1) is 72.7 Å². The van der Waals surface area contributed by atoms with E-state index >= 15 is 0 Å². The number of hydrogen-bond acceptors (Lipinski definition) is 9. The van der Waals surface area contributed by atoms with E-state index in [1.165, 1.54) is 37.4 Å². The number of nitrogens with one attached hydrogen (secondary N) is 1. The molecule has 4 atom stereocenters. The van der Waals surface area contributed by atoms with Crippen LogP contribution >= 0.6 is 36.7 Å². The Labute approximate surface area is 312 Å². The molecule has 13 nitrogen and oxygen atoms in total. The minimum atomic E-state index is -1.24. The first kappa shape index (κ1) is 40.2. The zero-order chi connectivity index (χ0) is 34.8. The van der Waals surface area contributed by atoms with Gasteiger partial charge in [0.25, 0.3) is 5.91 Å². The van der Waals surface area contributed by atoms with Crippen molar-refractivity contribution in [1.82, 2.24) is 29.3 Å². The molecule has 1 amide bonds. The summed E-state index contributed by atoms with van der Waals surface area (Å²) in [5, 5.41) is 13.5. The quantitative estimate of drug-likeness (QED) is 0.279. The molecular formula is C35H44Cl2N6O7S. The van der Waals surface area contributed by atoms with Crippen LogP contribution in [0.15, 0.2) is 46.5 Å². The normalized spacial score (nSPS) is 21.5. The van der Waals surface area contributed by atoms with Crippen LogP contribution in [0, 0.1) is 0 Å². The van der Waals surface area contributed by atoms with Crippen molar-refractivity contribution in [2.75, 3.05) is 26.4 Å². The van der Waals surface area contributed by atoms with E-state index in [2.05, 4.69) is 15.3 Å². The highest BCUT2D eigenvalue weighted by Gasteiger charge is 2.41. The molecule has 4 aliphatic heterocycles. The van der Waals surface area contributed by atoms with Gasteiger partial charge < -0.3 is 33.9 Å². The predicted octanol–water partition coefficient (Wildman–Crippen LogP) is 4.73. The van der Waals surface area contributed by atoms with Crippen molar-refractivity contribution in [3.05, 3.63) is 78.8 Å². The summed E-state index contributed by atoms with van der Waals surface area (Å²) in [6, 6.07) is 4.45. The monoisotopic (exact) mass is 762 g/mol. The number of carboxylic acids is 1. The lowest BCUT2D eigenvalue weighted by Gasteiger charge is -2.34. The molecule has 0 aromatic carbocycles. The maximum atomic E-state index is 13.1. The summed E-state index contributed by atoms with van der Waals surface area (Å²) in [7, 11) is 0. The van der Waals surface area contributed by atoms with Gasteiger partial charge in [-0.2, -0.15) is 13.5 Å². The van der Waals surface area contributed by atoms with Crippen LogP contribution in [0.4, 0.5) is 0 Å². The first-order valence-electron chi connectivity index (χ1n) is 16.4. The highest BCUT2D eigenvalue weighted by Crippen LogP contribution is 2.30. The third-order valence-corrected chi connectivity index (χ3v) is 9.87. The Balaban J connectivity index is 0.000000188. The van der Waals surface area contributed by atoms with Crippen LogP contribution in [0.25, 0.3) is 21.8 Å². The largest absolute Gasteiger partial charge is 0.477 e. The molecule has 2 N–H and O–H groups in total. The number of hydrogen-bond donors (Lipinski definition) is 2. The van der Waals surface area contributed by atoms with E-state index in [1.54, 1.807) is 17.0 Å². The number of amides is 1. The van der Waals surface area contributed by atoms with E-state index in [0.29, 0.717) is 54.8 Å². The second-order valence-electron chi connectivity index (χ2n) is 12.5. The molecule has 276 valence electrons. The van der Waals surface area contributed by atoms with Crippen LogP contribution in [0.2, 0.25) is 10.3 Å². The molecule has 4 bridgehead atoms. The van der Waals surface area contributed by atoms with Crippen LogP contribution in [-0.2, 0) is 22.6 Å². The number of carboxylic acid groups (broad SMARTS) is 1. The molecule has 4 saturated heterocycles. The van der Waals surface area contributed by atoms with Gasteiger partial charge in [0, 0.05) is 37.6 Å². The van der Waals surface area contributed by atoms with E-state index in [4.69, 9.17) is 37.8 Å². The maximum Gasteiger partial charge on any atom is 0.341 e. The molecule has 16 heteroatoms. The third kappa shape index (κ3) is 8.42. The molecule has 8 rings (SSSR count). The Morgan fingerprint density at radius 1 is 0.804 bits per heavy atom. The van der Waals surface area contributed by atoms with Crippen molar-refractivity contribution in [2.24, 2.45) is 0 Å². The molecule has 0 radical (unpaired) electrons. The van der Waals surface area contributed by atoms with Crippen LogP contribution < -0.4 is 16.2 Å². The van der Waals surface area contributed by atoms with Gasteiger partial charge in [-0.25, -0.2) is 14.8 Å². The Morgan fingerprint density at radius 3 is 1.71 bits per heavy atom. The van der Waals surface area contributed by atoms with Crippen molar-refractivity contribution in [3.8, 4) is 0 Å². The summed E-state index contributed by atoms with van der Waals surface area (Å²) in [5.74, 6) is -1.44. The zero-order valence-corrected chi connectivity index (χ0v) is 30.2. The van der Waals surface area contributed by atoms with Gasteiger partial charge in [-0.05, 0) is 51.7 Å². The van der Waals surface area contributed by atoms with E-state index in [0.717, 1.165) is 26.1 Å². The number of rotatable bonds is 4. The molecule has 4 aromatic heterocycles. The molecule has 4 aromatic rings. The van der Waals surface area contributed by atoms with Crippen molar-refractivity contribution < 1.29 is 24.2 Å². The minimum absolute atomic E-state index is 0. The Morgan fingerprint density at radius 2 is 1.25 bits per heavy atom. The molecule has 8 heterocycles. The smallest absolute Gasteiger partial charge is 0.341 e. The standard InChI is InChI=1S/C17H18ClN3O3.C11H9ClN2O3.C6H11NO.CH4.H2S/c1-2-20-7-13(16(22)12-5-15(18)19-6-14(12)20)17(23)21-10-3-4-11(21)9-24-8-10;1-2-14-5-7(11(16)17)10(15)6-3-9(12)13-4-8(6)14;1-2-6-4-8-3-5(1)7-6;;/h5-7,10-11H,2-4,8-9H2,1H3;3-5H,2H2,1H3,(H,16,17);5-7H,1-4H2;1H4;1H2. The third-order valence-electron chi connectivity index (χ3n) is 9.46. The molecule has 0 saturated carbocycles. The van der Waals surface area contributed by atoms with Crippen LogP contribution in [0.5, 0.6) is 0 Å². The summed E-state index contributed by atoms with van der Waals surface area (Å²) < 4.78 is 14.4. The summed E-state index contributed by atoms with van der Waals surface area (Å²) in [6.07, 6.45) is 10.5. The fourth-order valence-corrected chi connectivity index (χ4v) is 7.29. The van der Waals surface area contributed by atoms with Crippen LogP contribution in [0.1, 0.15) is 67.7 Å². The van der Waals surface area contributed by atoms with Crippen LogP contribution in [-0.4, -0.2) is 91.6 Å². The number of carbonyl (C=O) groups excluding carboxylic acids is 1. The molecule has 4 fully saturated rings. The van der Waals surface area contributed by atoms with Gasteiger partial charge in [0.2, 0.25) is 10.9 Å². The van der Waals surface area contributed by atoms with Crippen LogP contribution in [0.3, 0.4) is 0 Å². The number of aryl methyl sites for hydroxylation is 2. The average molecular weight is 764 g/mol. The predicted molar refractivity (Wildman–Crippen MR) is 202 cm³/mol. The van der Waals surface area contributed by atoms with Gasteiger partial charge in [0.1, 0.15) is 21.4 Å². The number of pyridine rings is 4. The van der Waals surface area contributed by atoms with E-state index in [-0.39, 0.29) is 71.2 Å². The number of morpholine rings is 2. The number of ether oxygens (including phenoxy) is 2. The number of fused-ring (bicyclic) bond motifs is 6. The van der Waals surface area contributed by atoms with Crippen molar-refractivity contribution in [2.45, 2.75) is 84.2 Å². The highest BCUT2D eigenvalue weighted by atomic mass is 35.5. The topological polar surface area (TPSA) is 158 Å². The SMILES string of the molecule is C.C1CC2COCC1N2.CCn1cc(C(=O)N2C3CCC2COC3)c(=O)c2cc(Cl)ncc21.CCn1cc(C(=O)O)c(=O)c2cc(Cl)ncc21.S. The van der Waals surface area contributed by atoms with Crippen molar-refractivity contribution in [3.63, 3.8) is 0 Å². The molecule has 0 aliphatic carbocycles. The van der Waals surface area contributed by atoms with Gasteiger partial charge in [0.15, 0.2) is 0 Å². The van der Waals surface area contributed by atoms with Gasteiger partial charge >= 0.3 is 5.97 Å². The number of nitrogens with zero attached hydrogens (tertiary/aromatic N) is 5. The Bertz CT molecular complexity index is 2000. The molecule has 4 unspecified atom stereocenters. The van der Waals surface area contributed by atoms with Crippen molar-refractivity contribution >= 4 is 70.4 Å². The second kappa shape index (κ2) is 17.3. The summed E-state index contributed by atoms with van der Waals surface area (Å²) in [4.78, 5) is 58.6. The van der Waals surface area contributed by atoms with Crippen molar-refractivity contribution in [1.29, 1.82) is 0 Å². The lowest BCUT2D eigenvalue weighted by molar-refractivity contribution is -0.00725. The van der Waals surface area contributed by atoms with Gasteiger partial charge in [-0.15, -0.1) is 0 Å². The lowest BCUT2D eigenvalue weighted by Crippen LogP contribution is -2.50. The van der Waals surface area contributed by atoms with Gasteiger partial charge in [-0.1, -0.05) is 30.6 Å². The summed E-state index contributed by atoms with van der Waals surface area (Å²) in [6.45, 7) is 7.97. The van der Waals surface area contributed by atoms with E-state index in [9.17, 15) is 19.2 Å².